The first kappa shape index (κ1) is 25.9. The smallest absolute Gasteiger partial charge is 0.457 e. The lowest BCUT2D eigenvalue weighted by Gasteiger charge is -2.31. The second-order valence-electron chi connectivity index (χ2n) is 7.47. The van der Waals surface area contributed by atoms with Crippen LogP contribution in [0.3, 0.4) is 0 Å². The molecule has 3 amide bonds. The number of hydrogen-bond donors (Lipinski definition) is 3. The fourth-order valence-electron chi connectivity index (χ4n) is 3.12. The summed E-state index contributed by atoms with van der Waals surface area (Å²) >= 11 is 0. The number of urea groups is 1. The highest BCUT2D eigenvalue weighted by atomic mass is 19.3. The Bertz CT molecular complexity index is 1440. The van der Waals surface area contributed by atoms with Crippen molar-refractivity contribution in [2.24, 2.45) is 0 Å². The molecule has 0 spiro atoms. The molecule has 16 heteroatoms. The molecular weight excluding hydrogens is 522 g/mol. The minimum atomic E-state index is -4.95. The average molecular weight is 537 g/mol. The average Bonchev–Trinajstić information content (AvgIpc) is 2.85. The predicted octanol–water partition coefficient (Wildman–Crippen LogP) is 4.74. The van der Waals surface area contributed by atoms with Gasteiger partial charge in [0.2, 0.25) is 0 Å². The Morgan fingerprint density at radius 3 is 2.32 bits per heavy atom. The van der Waals surface area contributed by atoms with Gasteiger partial charge in [0.05, 0.1) is 11.0 Å². The number of nitrogens with one attached hydrogen (secondary N) is 3. The number of aromatic nitrogens is 1. The number of ether oxygens (including phenoxy) is 3. The van der Waals surface area contributed by atoms with Crippen LogP contribution in [0.4, 0.5) is 39.4 Å². The Balaban J connectivity index is 1.48. The largest absolute Gasteiger partial charge is 0.507 e. The third kappa shape index (κ3) is 5.32. The number of fused-ring (bicyclic) bond motifs is 1. The molecule has 1 aromatic heterocycles. The third-order valence-electron chi connectivity index (χ3n) is 4.86. The second-order valence-corrected chi connectivity index (χ2v) is 7.47. The van der Waals surface area contributed by atoms with Gasteiger partial charge in [-0.05, 0) is 30.3 Å². The Hall–Kier alpha value is -5.15. The number of pyridine rings is 1. The number of carbonyl (C=O) groups is 2. The van der Waals surface area contributed by atoms with Gasteiger partial charge >= 0.3 is 18.2 Å². The highest BCUT2D eigenvalue weighted by Crippen LogP contribution is 2.47. The lowest BCUT2D eigenvalue weighted by molar-refractivity contribution is -0.391. The van der Waals surface area contributed by atoms with Gasteiger partial charge in [-0.2, -0.15) is 17.6 Å². The normalized spacial score (nSPS) is 14.7. The highest BCUT2D eigenvalue weighted by molar-refractivity contribution is 6.01. The molecule has 0 unspecified atom stereocenters. The first-order valence-electron chi connectivity index (χ1n) is 10.4. The zero-order valence-electron chi connectivity index (χ0n) is 19.0. The molecule has 1 aliphatic heterocycles. The van der Waals surface area contributed by atoms with E-state index in [0.717, 1.165) is 24.3 Å². The van der Waals surface area contributed by atoms with E-state index in [4.69, 9.17) is 4.74 Å². The number of halogens is 4. The highest BCUT2D eigenvalue weighted by Gasteiger charge is 2.65. The second kappa shape index (κ2) is 9.72. The van der Waals surface area contributed by atoms with Crippen LogP contribution in [0.5, 0.6) is 23.0 Å². The van der Waals surface area contributed by atoms with E-state index in [-0.39, 0.29) is 28.6 Å². The summed E-state index contributed by atoms with van der Waals surface area (Å²) in [6, 6.07) is 7.94. The lowest BCUT2D eigenvalue weighted by Crippen LogP contribution is -2.52. The van der Waals surface area contributed by atoms with Crippen LogP contribution in [0.15, 0.2) is 54.7 Å². The van der Waals surface area contributed by atoms with E-state index in [9.17, 15) is 37.3 Å². The molecule has 0 bridgehead atoms. The zero-order valence-corrected chi connectivity index (χ0v) is 19.0. The summed E-state index contributed by atoms with van der Waals surface area (Å²) in [5.41, 5.74) is -0.948. The van der Waals surface area contributed by atoms with Crippen LogP contribution in [0, 0.1) is 10.1 Å². The van der Waals surface area contributed by atoms with Gasteiger partial charge in [0, 0.05) is 31.1 Å². The number of nitro benzene ring substituents is 1. The molecule has 12 nitrogen and oxygen atoms in total. The van der Waals surface area contributed by atoms with Crippen molar-refractivity contribution in [3.05, 3.63) is 70.5 Å². The van der Waals surface area contributed by atoms with Crippen LogP contribution in [0.1, 0.15) is 10.5 Å². The van der Waals surface area contributed by atoms with Crippen LogP contribution in [-0.2, 0) is 0 Å². The number of rotatable bonds is 6. The Labute approximate surface area is 209 Å². The first-order chi connectivity index (χ1) is 17.9. The topological polar surface area (TPSA) is 154 Å². The van der Waals surface area contributed by atoms with E-state index in [1.807, 2.05) is 0 Å². The monoisotopic (exact) mass is 537 g/mol. The molecule has 38 heavy (non-hydrogen) atoms. The van der Waals surface area contributed by atoms with E-state index in [2.05, 4.69) is 30.4 Å². The summed E-state index contributed by atoms with van der Waals surface area (Å²) < 4.78 is 66.9. The van der Waals surface area contributed by atoms with Gasteiger partial charge in [-0.25, -0.2) is 4.79 Å². The molecule has 4 rings (SSSR count). The van der Waals surface area contributed by atoms with Crippen LogP contribution in [0.2, 0.25) is 0 Å². The van der Waals surface area contributed by atoms with Crippen molar-refractivity contribution in [3.63, 3.8) is 0 Å². The van der Waals surface area contributed by atoms with Gasteiger partial charge in [-0.15, -0.1) is 0 Å². The molecule has 0 saturated carbocycles. The van der Waals surface area contributed by atoms with Crippen LogP contribution in [-0.4, -0.2) is 41.1 Å². The molecule has 2 aromatic carbocycles. The number of hydrogen-bond acceptors (Lipinski definition) is 8. The number of alkyl halides is 4. The lowest BCUT2D eigenvalue weighted by atomic mass is 10.2. The molecule has 0 radical (unpaired) electrons. The van der Waals surface area contributed by atoms with E-state index >= 15 is 0 Å². The van der Waals surface area contributed by atoms with Crippen LogP contribution < -0.4 is 30.2 Å². The summed E-state index contributed by atoms with van der Waals surface area (Å²) in [5, 5.41) is 18.4. The Morgan fingerprint density at radius 2 is 1.63 bits per heavy atom. The molecule has 0 fully saturated rings. The van der Waals surface area contributed by atoms with Crippen molar-refractivity contribution in [1.82, 2.24) is 10.3 Å². The molecule has 0 saturated heterocycles. The predicted molar refractivity (Wildman–Crippen MR) is 121 cm³/mol. The minimum absolute atomic E-state index is 0.00119. The van der Waals surface area contributed by atoms with Gasteiger partial charge in [-0.1, -0.05) is 0 Å². The van der Waals surface area contributed by atoms with E-state index in [0.29, 0.717) is 0 Å². The number of amides is 3. The maximum atomic E-state index is 13.4. The molecule has 0 aliphatic carbocycles. The van der Waals surface area contributed by atoms with Gasteiger partial charge in [0.1, 0.15) is 22.9 Å². The van der Waals surface area contributed by atoms with Crippen LogP contribution >= 0.6 is 0 Å². The first-order valence-corrected chi connectivity index (χ1v) is 10.4. The summed E-state index contributed by atoms with van der Waals surface area (Å²) in [4.78, 5) is 38.8. The quantitative estimate of drug-likeness (QED) is 0.231. The number of anilines is 2. The zero-order chi connectivity index (χ0) is 27.7. The van der Waals surface area contributed by atoms with E-state index in [1.54, 1.807) is 0 Å². The maximum absolute atomic E-state index is 13.4. The summed E-state index contributed by atoms with van der Waals surface area (Å²) in [7, 11) is 1.41. The van der Waals surface area contributed by atoms with Gasteiger partial charge in [0.25, 0.3) is 11.6 Å². The summed E-state index contributed by atoms with van der Waals surface area (Å²) in [6.45, 7) is 0. The molecule has 3 aromatic rings. The summed E-state index contributed by atoms with van der Waals surface area (Å²) in [5.74, 6) is -1.76. The number of benzene rings is 2. The standard InChI is InChI=1S/C22H15F4N5O7/c1-27-19(32)15-9-13(6-7-28-15)36-12-3-4-14(16(10-12)31(34)35)30-20(33)29-11-2-5-17-18(8-11)38-22(25,26)21(23,24)37-17/h2-10H,1H3,(H,27,32)(H2,29,30,33). The summed E-state index contributed by atoms with van der Waals surface area (Å²) in [6.07, 6.45) is -8.55. The maximum Gasteiger partial charge on any atom is 0.507 e. The van der Waals surface area contributed by atoms with E-state index < -0.39 is 46.3 Å². The Kier molecular flexibility index (Phi) is 6.63. The number of nitrogens with zero attached hydrogens (tertiary/aromatic N) is 2. The number of nitro groups is 1. The van der Waals surface area contributed by atoms with Gasteiger partial charge in [0.15, 0.2) is 11.5 Å². The van der Waals surface area contributed by atoms with E-state index in [1.165, 1.54) is 37.5 Å². The third-order valence-corrected chi connectivity index (χ3v) is 4.86. The van der Waals surface area contributed by atoms with Crippen LogP contribution in [0.25, 0.3) is 0 Å². The molecule has 3 N–H and O–H groups in total. The van der Waals surface area contributed by atoms with Crippen molar-refractivity contribution in [3.8, 4) is 23.0 Å². The van der Waals surface area contributed by atoms with Crippen molar-refractivity contribution >= 4 is 29.0 Å². The molecule has 2 heterocycles. The van der Waals surface area contributed by atoms with Crippen molar-refractivity contribution in [2.75, 3.05) is 17.7 Å². The van der Waals surface area contributed by atoms with Gasteiger partial charge in [-0.3, -0.25) is 19.9 Å². The van der Waals surface area contributed by atoms with Gasteiger partial charge < -0.3 is 30.2 Å². The molecule has 198 valence electrons. The molecule has 0 atom stereocenters. The molecular formula is C22H15F4N5O7. The SMILES string of the molecule is CNC(=O)c1cc(Oc2ccc(NC(=O)Nc3ccc4c(c3)OC(F)(F)C(F)(F)O4)c([N+](=O)[O-])c2)ccn1. The van der Waals surface area contributed by atoms with Crippen molar-refractivity contribution < 1.29 is 46.3 Å². The fraction of sp³-hybridized carbons (Fsp3) is 0.136. The van der Waals surface area contributed by atoms with Crippen molar-refractivity contribution in [2.45, 2.75) is 12.2 Å². The minimum Gasteiger partial charge on any atom is -0.457 e. The number of carbonyl (C=O) groups excluding carboxylic acids is 2. The fourth-order valence-corrected chi connectivity index (χ4v) is 3.12. The Morgan fingerprint density at radius 1 is 0.947 bits per heavy atom. The van der Waals surface area contributed by atoms with Crippen molar-refractivity contribution in [1.29, 1.82) is 0 Å². The molecule has 1 aliphatic rings.